The van der Waals surface area contributed by atoms with E-state index in [4.69, 9.17) is 4.74 Å². The normalized spacial score (nSPS) is 13.2. The molecule has 0 saturated carbocycles. The first-order chi connectivity index (χ1) is 14.3. The molecule has 1 heterocycles. The van der Waals surface area contributed by atoms with Gasteiger partial charge in [0.2, 0.25) is 0 Å². The van der Waals surface area contributed by atoms with Crippen molar-refractivity contribution >= 4 is 27.3 Å². The van der Waals surface area contributed by atoms with E-state index in [1.807, 2.05) is 19.1 Å². The maximum Gasteiger partial charge on any atom is 0.262 e. The molecule has 4 rings (SSSR count). The second-order valence-electron chi connectivity index (χ2n) is 6.85. The number of hydrogen-bond donors (Lipinski definition) is 1. The fourth-order valence-electron chi connectivity index (χ4n) is 3.43. The van der Waals surface area contributed by atoms with Gasteiger partial charge < -0.3 is 9.64 Å². The highest BCUT2D eigenvalue weighted by Gasteiger charge is 2.28. The molecule has 8 heteroatoms. The zero-order valence-electron chi connectivity index (χ0n) is 16.3. The van der Waals surface area contributed by atoms with Crippen molar-refractivity contribution in [1.82, 2.24) is 0 Å². The average molecular weight is 426 g/mol. The molecule has 3 aromatic carbocycles. The summed E-state index contributed by atoms with van der Waals surface area (Å²) in [7, 11) is -3.97. The van der Waals surface area contributed by atoms with Crippen LogP contribution < -0.4 is 14.4 Å². The molecule has 6 nitrogen and oxygen atoms in total. The summed E-state index contributed by atoms with van der Waals surface area (Å²) in [5, 5.41) is 0. The molecule has 3 aromatic rings. The number of sulfonamides is 1. The van der Waals surface area contributed by atoms with Crippen LogP contribution in [0.25, 0.3) is 0 Å². The SMILES string of the molecule is CCN1C(=O)c2cc(NS(=O)(=O)c3ccc(F)cc3C)ccc2Oc2ccccc21. The van der Waals surface area contributed by atoms with Crippen molar-refractivity contribution in [3.8, 4) is 11.5 Å². The van der Waals surface area contributed by atoms with E-state index >= 15 is 0 Å². The highest BCUT2D eigenvalue weighted by Crippen LogP contribution is 2.39. The Labute approximate surface area is 174 Å². The largest absolute Gasteiger partial charge is 0.454 e. The fraction of sp³-hybridized carbons (Fsp3) is 0.136. The summed E-state index contributed by atoms with van der Waals surface area (Å²) in [6.45, 7) is 3.79. The lowest BCUT2D eigenvalue weighted by Gasteiger charge is -2.20. The number of nitrogens with zero attached hydrogens (tertiary/aromatic N) is 1. The van der Waals surface area contributed by atoms with Crippen molar-refractivity contribution in [3.05, 3.63) is 77.6 Å². The minimum atomic E-state index is -3.97. The highest BCUT2D eigenvalue weighted by molar-refractivity contribution is 7.92. The molecule has 1 N–H and O–H groups in total. The summed E-state index contributed by atoms with van der Waals surface area (Å²) >= 11 is 0. The van der Waals surface area contributed by atoms with Crippen LogP contribution in [-0.4, -0.2) is 20.9 Å². The van der Waals surface area contributed by atoms with Gasteiger partial charge in [-0.3, -0.25) is 9.52 Å². The third-order valence-corrected chi connectivity index (χ3v) is 6.37. The number of hydrogen-bond acceptors (Lipinski definition) is 4. The molecule has 0 atom stereocenters. The van der Waals surface area contributed by atoms with Gasteiger partial charge in [0.05, 0.1) is 16.1 Å². The lowest BCUT2D eigenvalue weighted by atomic mass is 10.1. The van der Waals surface area contributed by atoms with Gasteiger partial charge in [0.15, 0.2) is 5.75 Å². The Hall–Kier alpha value is -3.39. The Morgan fingerprint density at radius 1 is 1.03 bits per heavy atom. The topological polar surface area (TPSA) is 75.7 Å². The molecule has 154 valence electrons. The molecule has 1 amide bonds. The molecule has 0 saturated heterocycles. The summed E-state index contributed by atoms with van der Waals surface area (Å²) in [6.07, 6.45) is 0. The summed E-state index contributed by atoms with van der Waals surface area (Å²) in [5.41, 5.74) is 1.37. The Morgan fingerprint density at radius 3 is 2.53 bits per heavy atom. The average Bonchev–Trinajstić information content (AvgIpc) is 2.81. The second kappa shape index (κ2) is 7.46. The lowest BCUT2D eigenvalue weighted by Crippen LogP contribution is -2.29. The van der Waals surface area contributed by atoms with E-state index in [0.29, 0.717) is 23.7 Å². The number of ether oxygens (including phenoxy) is 1. The molecule has 0 unspecified atom stereocenters. The van der Waals surface area contributed by atoms with Gasteiger partial charge in [-0.1, -0.05) is 12.1 Å². The first-order valence-electron chi connectivity index (χ1n) is 9.32. The number of rotatable bonds is 4. The van der Waals surface area contributed by atoms with Crippen LogP contribution in [0.15, 0.2) is 65.6 Å². The van der Waals surface area contributed by atoms with E-state index in [0.717, 1.165) is 12.1 Å². The van der Waals surface area contributed by atoms with Crippen LogP contribution in [0, 0.1) is 12.7 Å². The second-order valence-corrected chi connectivity index (χ2v) is 8.50. The summed E-state index contributed by atoms with van der Waals surface area (Å²) in [6, 6.07) is 15.2. The Bertz CT molecular complexity index is 1260. The molecular weight excluding hydrogens is 407 g/mol. The van der Waals surface area contributed by atoms with Crippen LogP contribution in [0.2, 0.25) is 0 Å². The number of halogens is 1. The number of nitrogens with one attached hydrogen (secondary N) is 1. The summed E-state index contributed by atoms with van der Waals surface area (Å²) in [5.74, 6) is 0.0703. The van der Waals surface area contributed by atoms with E-state index in [1.165, 1.54) is 25.1 Å². The van der Waals surface area contributed by atoms with Crippen LogP contribution in [0.4, 0.5) is 15.8 Å². The molecule has 0 aromatic heterocycles. The van der Waals surface area contributed by atoms with Crippen LogP contribution in [-0.2, 0) is 10.0 Å². The van der Waals surface area contributed by atoms with Crippen molar-refractivity contribution in [2.75, 3.05) is 16.2 Å². The van der Waals surface area contributed by atoms with Gasteiger partial charge in [-0.05, 0) is 67.9 Å². The van der Waals surface area contributed by atoms with E-state index in [2.05, 4.69) is 4.72 Å². The van der Waals surface area contributed by atoms with Gasteiger partial charge in [0.1, 0.15) is 11.6 Å². The zero-order chi connectivity index (χ0) is 21.5. The van der Waals surface area contributed by atoms with E-state index < -0.39 is 15.8 Å². The standard InChI is InChI=1S/C22H19FN2O4S/c1-3-25-18-6-4-5-7-20(18)29-19-10-9-16(13-17(19)22(25)26)24-30(27,28)21-11-8-15(23)12-14(21)2/h4-13,24H,3H2,1-2H3. The van der Waals surface area contributed by atoms with Gasteiger partial charge in [0, 0.05) is 12.2 Å². The number of fused-ring (bicyclic) bond motifs is 2. The quantitative estimate of drug-likeness (QED) is 0.656. The molecule has 1 aliphatic rings. The molecule has 0 bridgehead atoms. The van der Waals surface area contributed by atoms with Crippen molar-refractivity contribution < 1.29 is 22.3 Å². The van der Waals surface area contributed by atoms with Crippen LogP contribution in [0.3, 0.4) is 0 Å². The maximum atomic E-state index is 13.3. The fourth-order valence-corrected chi connectivity index (χ4v) is 4.70. The minimum absolute atomic E-state index is 0.0380. The van der Waals surface area contributed by atoms with Crippen molar-refractivity contribution in [2.24, 2.45) is 0 Å². The molecule has 0 radical (unpaired) electrons. The number of amides is 1. The third kappa shape index (κ3) is 3.50. The van der Waals surface area contributed by atoms with Gasteiger partial charge in [-0.15, -0.1) is 0 Å². The van der Waals surface area contributed by atoms with Crippen molar-refractivity contribution in [1.29, 1.82) is 0 Å². The number of anilines is 2. The number of aryl methyl sites for hydroxylation is 1. The Kier molecular flexibility index (Phi) is 4.95. The maximum absolute atomic E-state index is 13.3. The van der Waals surface area contributed by atoms with Crippen LogP contribution in [0.5, 0.6) is 11.5 Å². The van der Waals surface area contributed by atoms with Crippen LogP contribution >= 0.6 is 0 Å². The first-order valence-corrected chi connectivity index (χ1v) is 10.8. The monoisotopic (exact) mass is 426 g/mol. The summed E-state index contributed by atoms with van der Waals surface area (Å²) < 4.78 is 47.3. The lowest BCUT2D eigenvalue weighted by molar-refractivity contribution is 0.0988. The number of benzene rings is 3. The molecule has 1 aliphatic heterocycles. The number of carbonyl (C=O) groups excluding carboxylic acids is 1. The van der Waals surface area contributed by atoms with Gasteiger partial charge in [-0.2, -0.15) is 0 Å². The van der Waals surface area contributed by atoms with Gasteiger partial charge >= 0.3 is 0 Å². The van der Waals surface area contributed by atoms with E-state index in [9.17, 15) is 17.6 Å². The predicted octanol–water partition coefficient (Wildman–Crippen LogP) is 4.71. The zero-order valence-corrected chi connectivity index (χ0v) is 17.2. The minimum Gasteiger partial charge on any atom is -0.454 e. The molecule has 0 fully saturated rings. The first kappa shape index (κ1) is 19.9. The number of para-hydroxylation sites is 2. The highest BCUT2D eigenvalue weighted by atomic mass is 32.2. The molecule has 0 spiro atoms. The third-order valence-electron chi connectivity index (χ3n) is 4.83. The molecule has 0 aliphatic carbocycles. The summed E-state index contributed by atoms with van der Waals surface area (Å²) in [4.78, 5) is 14.7. The Morgan fingerprint density at radius 2 is 1.80 bits per heavy atom. The molecular formula is C22H19FN2O4S. The van der Waals surface area contributed by atoms with Crippen molar-refractivity contribution in [2.45, 2.75) is 18.7 Å². The predicted molar refractivity (Wildman–Crippen MR) is 112 cm³/mol. The van der Waals surface area contributed by atoms with Gasteiger partial charge in [0.25, 0.3) is 15.9 Å². The van der Waals surface area contributed by atoms with E-state index in [-0.39, 0.29) is 27.6 Å². The molecule has 30 heavy (non-hydrogen) atoms. The van der Waals surface area contributed by atoms with Gasteiger partial charge in [-0.25, -0.2) is 12.8 Å². The van der Waals surface area contributed by atoms with Crippen LogP contribution in [0.1, 0.15) is 22.8 Å². The van der Waals surface area contributed by atoms with Crippen molar-refractivity contribution in [3.63, 3.8) is 0 Å². The smallest absolute Gasteiger partial charge is 0.262 e. The Balaban J connectivity index is 1.73. The number of carbonyl (C=O) groups is 1. The van der Waals surface area contributed by atoms with E-state index in [1.54, 1.807) is 23.1 Å².